The molecule has 0 unspecified atom stereocenters. The van der Waals surface area contributed by atoms with Crippen LogP contribution in [0.3, 0.4) is 0 Å². The van der Waals surface area contributed by atoms with E-state index in [1.54, 1.807) is 6.33 Å². The average molecular weight is 277 g/mol. The number of hydrogen-bond acceptors (Lipinski definition) is 4. The number of fused-ring (bicyclic) bond motifs is 1. The minimum Gasteiger partial charge on any atom is -0.340 e. The number of para-hydroxylation sites is 1. The predicted molar refractivity (Wildman–Crippen MR) is 83.9 cm³/mol. The van der Waals surface area contributed by atoms with E-state index in [0.717, 1.165) is 28.0 Å². The second kappa shape index (κ2) is 5.71. The summed E-state index contributed by atoms with van der Waals surface area (Å²) in [6.07, 6.45) is 2.06. The van der Waals surface area contributed by atoms with Crippen molar-refractivity contribution in [2.45, 2.75) is 13.3 Å². The minimum absolute atomic E-state index is 0.147. The van der Waals surface area contributed by atoms with Crippen LogP contribution in [0.15, 0.2) is 54.9 Å². The van der Waals surface area contributed by atoms with Crippen LogP contribution in [0, 0.1) is 0 Å². The SMILES string of the molecule is CCC(=O)c1ccc(Nc2ncnc3ccccc23)cc1. The molecule has 0 aliphatic heterocycles. The Labute approximate surface area is 122 Å². The van der Waals surface area contributed by atoms with E-state index >= 15 is 0 Å². The monoisotopic (exact) mass is 277 g/mol. The molecule has 0 aliphatic carbocycles. The number of aromatic nitrogens is 2. The van der Waals surface area contributed by atoms with Gasteiger partial charge in [-0.05, 0) is 36.4 Å². The van der Waals surface area contributed by atoms with Crippen molar-refractivity contribution in [2.24, 2.45) is 0 Å². The van der Waals surface area contributed by atoms with Crippen molar-refractivity contribution in [3.05, 3.63) is 60.4 Å². The summed E-state index contributed by atoms with van der Waals surface area (Å²) < 4.78 is 0. The van der Waals surface area contributed by atoms with E-state index in [4.69, 9.17) is 0 Å². The molecule has 2 aromatic carbocycles. The molecule has 0 radical (unpaired) electrons. The summed E-state index contributed by atoms with van der Waals surface area (Å²) in [5.74, 6) is 0.907. The molecular weight excluding hydrogens is 262 g/mol. The van der Waals surface area contributed by atoms with Crippen LogP contribution in [0.25, 0.3) is 10.9 Å². The normalized spacial score (nSPS) is 10.5. The maximum atomic E-state index is 11.6. The molecule has 0 spiro atoms. The maximum absolute atomic E-state index is 11.6. The van der Waals surface area contributed by atoms with Gasteiger partial charge in [0.1, 0.15) is 12.1 Å². The van der Waals surface area contributed by atoms with Gasteiger partial charge in [-0.3, -0.25) is 4.79 Å². The lowest BCUT2D eigenvalue weighted by atomic mass is 10.1. The third kappa shape index (κ3) is 2.74. The summed E-state index contributed by atoms with van der Waals surface area (Å²) in [5, 5.41) is 4.24. The van der Waals surface area contributed by atoms with E-state index < -0.39 is 0 Å². The third-order valence-electron chi connectivity index (χ3n) is 3.33. The van der Waals surface area contributed by atoms with Crippen molar-refractivity contribution in [3.8, 4) is 0 Å². The smallest absolute Gasteiger partial charge is 0.162 e. The maximum Gasteiger partial charge on any atom is 0.162 e. The second-order valence-electron chi connectivity index (χ2n) is 4.72. The number of nitrogens with zero attached hydrogens (tertiary/aromatic N) is 2. The number of ketones is 1. The van der Waals surface area contributed by atoms with Crippen molar-refractivity contribution >= 4 is 28.2 Å². The lowest BCUT2D eigenvalue weighted by Crippen LogP contribution is -1.98. The Morgan fingerprint density at radius 1 is 1.05 bits per heavy atom. The number of Topliss-reactive ketones (excluding diaryl/α,β-unsaturated/α-hetero) is 1. The van der Waals surface area contributed by atoms with Crippen molar-refractivity contribution in [1.29, 1.82) is 0 Å². The largest absolute Gasteiger partial charge is 0.340 e. The van der Waals surface area contributed by atoms with Gasteiger partial charge < -0.3 is 5.32 Å². The fourth-order valence-corrected chi connectivity index (χ4v) is 2.18. The first-order valence-corrected chi connectivity index (χ1v) is 6.88. The Bertz CT molecular complexity index is 776. The molecule has 4 heteroatoms. The number of hydrogen-bond donors (Lipinski definition) is 1. The molecule has 3 rings (SSSR count). The average Bonchev–Trinajstić information content (AvgIpc) is 2.55. The second-order valence-corrected chi connectivity index (χ2v) is 4.72. The number of carbonyl (C=O) groups excluding carboxylic acids is 1. The Morgan fingerprint density at radius 2 is 1.81 bits per heavy atom. The Hall–Kier alpha value is -2.75. The summed E-state index contributed by atoms with van der Waals surface area (Å²) in [7, 11) is 0. The minimum atomic E-state index is 0.147. The third-order valence-corrected chi connectivity index (χ3v) is 3.33. The first-order valence-electron chi connectivity index (χ1n) is 6.88. The van der Waals surface area contributed by atoms with Gasteiger partial charge in [0.15, 0.2) is 5.78 Å². The van der Waals surface area contributed by atoms with Gasteiger partial charge >= 0.3 is 0 Å². The predicted octanol–water partition coefficient (Wildman–Crippen LogP) is 3.97. The van der Waals surface area contributed by atoms with Crippen molar-refractivity contribution in [3.63, 3.8) is 0 Å². The molecule has 1 aromatic heterocycles. The van der Waals surface area contributed by atoms with Gasteiger partial charge in [-0.1, -0.05) is 19.1 Å². The van der Waals surface area contributed by atoms with Crippen LogP contribution < -0.4 is 5.32 Å². The van der Waals surface area contributed by atoms with E-state index in [0.29, 0.717) is 6.42 Å². The van der Waals surface area contributed by atoms with Crippen LogP contribution in [-0.4, -0.2) is 15.8 Å². The zero-order chi connectivity index (χ0) is 14.7. The molecule has 0 saturated heterocycles. The van der Waals surface area contributed by atoms with E-state index in [9.17, 15) is 4.79 Å². The van der Waals surface area contributed by atoms with E-state index in [-0.39, 0.29) is 5.78 Å². The zero-order valence-corrected chi connectivity index (χ0v) is 11.7. The number of carbonyl (C=O) groups is 1. The van der Waals surface area contributed by atoms with Gasteiger partial charge in [-0.15, -0.1) is 0 Å². The molecule has 0 atom stereocenters. The van der Waals surface area contributed by atoms with Crippen LogP contribution in [-0.2, 0) is 0 Å². The fourth-order valence-electron chi connectivity index (χ4n) is 2.18. The molecule has 1 N–H and O–H groups in total. The van der Waals surface area contributed by atoms with Crippen LogP contribution in [0.2, 0.25) is 0 Å². The standard InChI is InChI=1S/C17H15N3O/c1-2-16(21)12-7-9-13(10-8-12)20-17-14-5-3-4-6-15(14)18-11-19-17/h3-11H,2H2,1H3,(H,18,19,20). The molecule has 0 amide bonds. The first-order chi connectivity index (χ1) is 10.3. The summed E-state index contributed by atoms with van der Waals surface area (Å²) in [6, 6.07) is 15.3. The highest BCUT2D eigenvalue weighted by molar-refractivity contribution is 5.96. The van der Waals surface area contributed by atoms with Crippen molar-refractivity contribution < 1.29 is 4.79 Å². The van der Waals surface area contributed by atoms with E-state index in [1.807, 2.05) is 55.5 Å². The molecule has 21 heavy (non-hydrogen) atoms. The summed E-state index contributed by atoms with van der Waals surface area (Å²) in [4.78, 5) is 20.1. The Morgan fingerprint density at radius 3 is 2.57 bits per heavy atom. The molecule has 1 heterocycles. The van der Waals surface area contributed by atoms with Gasteiger partial charge in [-0.25, -0.2) is 9.97 Å². The highest BCUT2D eigenvalue weighted by Gasteiger charge is 2.05. The molecular formula is C17H15N3O. The topological polar surface area (TPSA) is 54.9 Å². The van der Waals surface area contributed by atoms with Gasteiger partial charge in [-0.2, -0.15) is 0 Å². The van der Waals surface area contributed by atoms with Gasteiger partial charge in [0.05, 0.1) is 5.52 Å². The van der Waals surface area contributed by atoms with Gasteiger partial charge in [0.25, 0.3) is 0 Å². The van der Waals surface area contributed by atoms with E-state index in [1.165, 1.54) is 0 Å². The van der Waals surface area contributed by atoms with Crippen molar-refractivity contribution in [1.82, 2.24) is 9.97 Å². The summed E-state index contributed by atoms with van der Waals surface area (Å²) in [6.45, 7) is 1.86. The number of benzene rings is 2. The highest BCUT2D eigenvalue weighted by Crippen LogP contribution is 2.22. The number of anilines is 2. The van der Waals surface area contributed by atoms with Crippen LogP contribution in [0.1, 0.15) is 23.7 Å². The Balaban J connectivity index is 1.90. The Kier molecular flexibility index (Phi) is 3.60. The molecule has 4 nitrogen and oxygen atoms in total. The van der Waals surface area contributed by atoms with Crippen LogP contribution >= 0.6 is 0 Å². The molecule has 3 aromatic rings. The van der Waals surface area contributed by atoms with Crippen molar-refractivity contribution in [2.75, 3.05) is 5.32 Å². The lowest BCUT2D eigenvalue weighted by Gasteiger charge is -2.08. The van der Waals surface area contributed by atoms with Gasteiger partial charge in [0.2, 0.25) is 0 Å². The molecule has 104 valence electrons. The molecule has 0 saturated carbocycles. The molecule has 0 aliphatic rings. The fraction of sp³-hybridized carbons (Fsp3) is 0.118. The lowest BCUT2D eigenvalue weighted by molar-refractivity contribution is 0.0988. The molecule has 0 fully saturated rings. The van der Waals surface area contributed by atoms with Crippen LogP contribution in [0.5, 0.6) is 0 Å². The summed E-state index contributed by atoms with van der Waals surface area (Å²) >= 11 is 0. The first kappa shape index (κ1) is 13.2. The quantitative estimate of drug-likeness (QED) is 0.733. The van der Waals surface area contributed by atoms with E-state index in [2.05, 4.69) is 15.3 Å². The highest BCUT2D eigenvalue weighted by atomic mass is 16.1. The molecule has 0 bridgehead atoms. The summed E-state index contributed by atoms with van der Waals surface area (Å²) in [5.41, 5.74) is 2.52. The zero-order valence-electron chi connectivity index (χ0n) is 11.7. The number of rotatable bonds is 4. The van der Waals surface area contributed by atoms with Crippen LogP contribution in [0.4, 0.5) is 11.5 Å². The number of nitrogens with one attached hydrogen (secondary N) is 1. The van der Waals surface area contributed by atoms with Gasteiger partial charge in [0, 0.05) is 23.1 Å².